The van der Waals surface area contributed by atoms with Crippen LogP contribution in [0, 0.1) is 0 Å². The summed E-state index contributed by atoms with van der Waals surface area (Å²) in [5.41, 5.74) is 8.39. The molecule has 1 aliphatic rings. The van der Waals surface area contributed by atoms with Crippen LogP contribution in [-0.2, 0) is 11.2 Å². The van der Waals surface area contributed by atoms with Crippen LogP contribution < -0.4 is 5.73 Å². The van der Waals surface area contributed by atoms with E-state index in [9.17, 15) is 4.79 Å². The van der Waals surface area contributed by atoms with Crippen LogP contribution in [0.15, 0.2) is 24.3 Å². The van der Waals surface area contributed by atoms with Crippen molar-refractivity contribution >= 4 is 5.91 Å². The van der Waals surface area contributed by atoms with Gasteiger partial charge in [-0.15, -0.1) is 0 Å². The van der Waals surface area contributed by atoms with Gasteiger partial charge in [-0.2, -0.15) is 0 Å². The Morgan fingerprint density at radius 1 is 1.29 bits per heavy atom. The highest BCUT2D eigenvalue weighted by Gasteiger charge is 2.24. The number of carbonyl (C=O) groups is 1. The Labute approximate surface area is 128 Å². The summed E-state index contributed by atoms with van der Waals surface area (Å²) in [6, 6.07) is 8.91. The molecule has 0 aliphatic carbocycles. The molecule has 1 aliphatic heterocycles. The fourth-order valence-corrected chi connectivity index (χ4v) is 3.04. The number of nitrogens with zero attached hydrogens (tertiary/aromatic N) is 1. The Bertz CT molecular complexity index is 453. The predicted octanol–water partition coefficient (Wildman–Crippen LogP) is 3.08. The topological polar surface area (TPSA) is 46.3 Å². The van der Waals surface area contributed by atoms with Crippen LogP contribution in [0.5, 0.6) is 0 Å². The lowest BCUT2D eigenvalue weighted by atomic mass is 9.99. The molecule has 0 spiro atoms. The molecule has 0 saturated carbocycles. The van der Waals surface area contributed by atoms with Gasteiger partial charge in [-0.05, 0) is 42.7 Å². The number of hydrogen-bond donors (Lipinski definition) is 1. The summed E-state index contributed by atoms with van der Waals surface area (Å²) in [5, 5.41) is 0. The molecule has 1 amide bonds. The highest BCUT2D eigenvalue weighted by molar-refractivity contribution is 5.77. The van der Waals surface area contributed by atoms with E-state index in [0.717, 1.165) is 25.8 Å². The summed E-state index contributed by atoms with van der Waals surface area (Å²) < 4.78 is 0. The number of piperidine rings is 1. The number of nitrogens with two attached hydrogens (primary N) is 1. The normalized spacial score (nSPS) is 19.0. The second kappa shape index (κ2) is 7.60. The predicted molar refractivity (Wildman–Crippen MR) is 87.3 cm³/mol. The van der Waals surface area contributed by atoms with Crippen molar-refractivity contribution in [2.75, 3.05) is 13.1 Å². The first-order valence-corrected chi connectivity index (χ1v) is 8.20. The molecular formula is C18H28N2O. The molecule has 2 N–H and O–H groups in total. The maximum absolute atomic E-state index is 12.4. The van der Waals surface area contributed by atoms with E-state index < -0.39 is 0 Å². The summed E-state index contributed by atoms with van der Waals surface area (Å²) in [5.74, 6) is 0.817. The number of aryl methyl sites for hydroxylation is 1. The van der Waals surface area contributed by atoms with E-state index in [1.54, 1.807) is 0 Å². The average molecular weight is 288 g/mol. The van der Waals surface area contributed by atoms with E-state index in [4.69, 9.17) is 5.73 Å². The number of likely N-dealkylation sites (tertiary alicyclic amines) is 1. The first-order valence-electron chi connectivity index (χ1n) is 8.20. The quantitative estimate of drug-likeness (QED) is 0.905. The monoisotopic (exact) mass is 288 g/mol. The van der Waals surface area contributed by atoms with Crippen molar-refractivity contribution < 1.29 is 4.79 Å². The zero-order chi connectivity index (χ0) is 15.2. The smallest absolute Gasteiger partial charge is 0.223 e. The second-order valence-electron chi connectivity index (χ2n) is 6.37. The number of hydrogen-bond acceptors (Lipinski definition) is 2. The van der Waals surface area contributed by atoms with Crippen molar-refractivity contribution in [2.24, 2.45) is 5.73 Å². The molecule has 0 bridgehead atoms. The number of rotatable bonds is 5. The molecule has 1 aromatic rings. The van der Waals surface area contributed by atoms with Gasteiger partial charge < -0.3 is 10.6 Å². The molecular weight excluding hydrogens is 260 g/mol. The summed E-state index contributed by atoms with van der Waals surface area (Å²) in [6.45, 7) is 5.87. The maximum atomic E-state index is 12.4. The van der Waals surface area contributed by atoms with Gasteiger partial charge in [-0.3, -0.25) is 4.79 Å². The summed E-state index contributed by atoms with van der Waals surface area (Å²) >= 11 is 0. The van der Waals surface area contributed by atoms with Crippen LogP contribution in [0.2, 0.25) is 0 Å². The molecule has 21 heavy (non-hydrogen) atoms. The first-order chi connectivity index (χ1) is 10.1. The summed E-state index contributed by atoms with van der Waals surface area (Å²) in [7, 11) is 0. The van der Waals surface area contributed by atoms with Gasteiger partial charge in [0.1, 0.15) is 0 Å². The van der Waals surface area contributed by atoms with Gasteiger partial charge >= 0.3 is 0 Å². The lowest BCUT2D eigenvalue weighted by Gasteiger charge is -2.35. The highest BCUT2D eigenvalue weighted by atomic mass is 16.2. The molecule has 1 unspecified atom stereocenters. The van der Waals surface area contributed by atoms with Gasteiger partial charge in [0.25, 0.3) is 0 Å². The highest BCUT2D eigenvalue weighted by Crippen LogP contribution is 2.19. The zero-order valence-electron chi connectivity index (χ0n) is 13.3. The molecule has 1 fully saturated rings. The van der Waals surface area contributed by atoms with Crippen molar-refractivity contribution in [3.63, 3.8) is 0 Å². The third kappa shape index (κ3) is 4.31. The average Bonchev–Trinajstić information content (AvgIpc) is 2.52. The summed E-state index contributed by atoms with van der Waals surface area (Å²) in [6.07, 6.45) is 4.79. The fourth-order valence-electron chi connectivity index (χ4n) is 3.04. The Balaban J connectivity index is 1.88. The molecule has 1 atom stereocenters. The van der Waals surface area contributed by atoms with E-state index in [-0.39, 0.29) is 11.9 Å². The van der Waals surface area contributed by atoms with Gasteiger partial charge in [0.15, 0.2) is 0 Å². The molecule has 116 valence electrons. The van der Waals surface area contributed by atoms with Crippen LogP contribution in [0.1, 0.15) is 56.6 Å². The van der Waals surface area contributed by atoms with Gasteiger partial charge in [0.05, 0.1) is 0 Å². The van der Waals surface area contributed by atoms with E-state index in [0.29, 0.717) is 18.9 Å². The largest absolute Gasteiger partial charge is 0.338 e. The lowest BCUT2D eigenvalue weighted by Crippen LogP contribution is -2.47. The summed E-state index contributed by atoms with van der Waals surface area (Å²) in [4.78, 5) is 14.4. The van der Waals surface area contributed by atoms with Gasteiger partial charge in [-0.25, -0.2) is 0 Å². The minimum atomic E-state index is 0.259. The molecule has 1 aromatic carbocycles. The Kier molecular flexibility index (Phi) is 5.80. The Hall–Kier alpha value is -1.35. The molecule has 1 saturated heterocycles. The van der Waals surface area contributed by atoms with Crippen molar-refractivity contribution in [2.45, 2.75) is 57.9 Å². The van der Waals surface area contributed by atoms with Gasteiger partial charge in [0, 0.05) is 25.6 Å². The van der Waals surface area contributed by atoms with Crippen molar-refractivity contribution in [3.05, 3.63) is 35.4 Å². The molecule has 0 aromatic heterocycles. The molecule has 1 heterocycles. The minimum Gasteiger partial charge on any atom is -0.338 e. The number of benzene rings is 1. The zero-order valence-corrected chi connectivity index (χ0v) is 13.3. The number of amides is 1. The van der Waals surface area contributed by atoms with Crippen LogP contribution in [0.25, 0.3) is 0 Å². The number of carbonyl (C=O) groups excluding carboxylic acids is 1. The standard InChI is InChI=1S/C18H28N2O/c1-14(2)16-9-6-15(7-10-16)8-11-18(21)20-12-4-3-5-17(20)13-19/h6-7,9-10,14,17H,3-5,8,11-13,19H2,1-2H3. The molecule has 3 heteroatoms. The van der Waals surface area contributed by atoms with Crippen LogP contribution in [0.4, 0.5) is 0 Å². The molecule has 2 rings (SSSR count). The molecule has 3 nitrogen and oxygen atoms in total. The first kappa shape index (κ1) is 16.0. The Morgan fingerprint density at radius 3 is 2.62 bits per heavy atom. The van der Waals surface area contributed by atoms with Crippen molar-refractivity contribution in [1.29, 1.82) is 0 Å². The second-order valence-corrected chi connectivity index (χ2v) is 6.37. The van der Waals surface area contributed by atoms with Crippen molar-refractivity contribution in [3.8, 4) is 0 Å². The SMILES string of the molecule is CC(C)c1ccc(CCC(=O)N2CCCCC2CN)cc1. The Morgan fingerprint density at radius 2 is 2.00 bits per heavy atom. The minimum absolute atomic E-state index is 0.259. The third-order valence-corrected chi connectivity index (χ3v) is 4.49. The molecule has 0 radical (unpaired) electrons. The van der Waals surface area contributed by atoms with Crippen molar-refractivity contribution in [1.82, 2.24) is 4.90 Å². The maximum Gasteiger partial charge on any atom is 0.223 e. The van der Waals surface area contributed by atoms with Crippen LogP contribution >= 0.6 is 0 Å². The van der Waals surface area contributed by atoms with Crippen LogP contribution in [-0.4, -0.2) is 29.9 Å². The van der Waals surface area contributed by atoms with E-state index in [1.807, 2.05) is 4.90 Å². The van der Waals surface area contributed by atoms with Crippen LogP contribution in [0.3, 0.4) is 0 Å². The third-order valence-electron chi connectivity index (χ3n) is 4.49. The van der Waals surface area contributed by atoms with Gasteiger partial charge in [-0.1, -0.05) is 38.1 Å². The van der Waals surface area contributed by atoms with E-state index >= 15 is 0 Å². The lowest BCUT2D eigenvalue weighted by molar-refractivity contribution is -0.134. The van der Waals surface area contributed by atoms with E-state index in [1.165, 1.54) is 17.5 Å². The van der Waals surface area contributed by atoms with Gasteiger partial charge in [0.2, 0.25) is 5.91 Å². The fraction of sp³-hybridized carbons (Fsp3) is 0.611. The van der Waals surface area contributed by atoms with E-state index in [2.05, 4.69) is 38.1 Å².